The number of aromatic amines is 1. The second-order valence-corrected chi connectivity index (χ2v) is 3.15. The van der Waals surface area contributed by atoms with E-state index in [0.29, 0.717) is 5.69 Å². The van der Waals surface area contributed by atoms with Gasteiger partial charge < -0.3 is 15.7 Å². The molecule has 0 saturated heterocycles. The summed E-state index contributed by atoms with van der Waals surface area (Å²) in [6.45, 7) is 0.136. The van der Waals surface area contributed by atoms with E-state index in [2.05, 4.69) is 26.0 Å². The Bertz CT molecular complexity index is 495. The van der Waals surface area contributed by atoms with Crippen molar-refractivity contribution in [3.05, 3.63) is 18.2 Å². The molecule has 2 aromatic rings. The molecule has 2 amide bonds. The highest BCUT2D eigenvalue weighted by Crippen LogP contribution is 2.14. The van der Waals surface area contributed by atoms with Crippen molar-refractivity contribution < 1.29 is 9.90 Å². The van der Waals surface area contributed by atoms with Crippen LogP contribution >= 0.6 is 0 Å². The second kappa shape index (κ2) is 4.58. The minimum Gasteiger partial charge on any atom is -0.395 e. The molecule has 2 rings (SSSR count). The number of carbonyl (C=O) groups excluding carboxylic acids is 1. The van der Waals surface area contributed by atoms with Gasteiger partial charge in [-0.25, -0.2) is 4.79 Å². The predicted molar refractivity (Wildman–Crippen MR) is 58.0 cm³/mol. The lowest BCUT2D eigenvalue weighted by Gasteiger charge is -2.05. The summed E-state index contributed by atoms with van der Waals surface area (Å²) in [4.78, 5) is 11.3. The highest BCUT2D eigenvalue weighted by Gasteiger charge is 2.02. The van der Waals surface area contributed by atoms with Crippen LogP contribution in [-0.4, -0.2) is 39.7 Å². The number of hydrogen-bond acceptors (Lipinski definition) is 4. The number of aromatic nitrogens is 3. The molecule has 0 aliphatic heterocycles. The smallest absolute Gasteiger partial charge is 0.319 e. The van der Waals surface area contributed by atoms with Gasteiger partial charge >= 0.3 is 6.03 Å². The van der Waals surface area contributed by atoms with Crippen molar-refractivity contribution in [1.29, 1.82) is 0 Å². The number of benzene rings is 1. The first kappa shape index (κ1) is 10.4. The Morgan fingerprint density at radius 2 is 2.38 bits per heavy atom. The molecular formula is C9H11N5O2. The van der Waals surface area contributed by atoms with Gasteiger partial charge in [0.15, 0.2) is 0 Å². The van der Waals surface area contributed by atoms with Crippen LogP contribution in [0.2, 0.25) is 0 Å². The van der Waals surface area contributed by atoms with Gasteiger partial charge in [0.2, 0.25) is 0 Å². The summed E-state index contributed by atoms with van der Waals surface area (Å²) in [7, 11) is 0. The quantitative estimate of drug-likeness (QED) is 0.589. The summed E-state index contributed by atoms with van der Waals surface area (Å²) < 4.78 is 0. The number of rotatable bonds is 3. The number of hydrogen-bond donors (Lipinski definition) is 4. The first-order chi connectivity index (χ1) is 7.79. The van der Waals surface area contributed by atoms with Gasteiger partial charge in [-0.15, -0.1) is 5.10 Å². The first-order valence-corrected chi connectivity index (χ1v) is 4.76. The average Bonchev–Trinajstić information content (AvgIpc) is 2.73. The van der Waals surface area contributed by atoms with Gasteiger partial charge in [0.05, 0.1) is 12.1 Å². The van der Waals surface area contributed by atoms with E-state index in [0.717, 1.165) is 11.0 Å². The van der Waals surface area contributed by atoms with Gasteiger partial charge in [0.25, 0.3) is 0 Å². The Labute approximate surface area is 90.8 Å². The zero-order chi connectivity index (χ0) is 11.4. The Hall–Kier alpha value is -2.15. The number of nitrogens with zero attached hydrogens (tertiary/aromatic N) is 2. The molecule has 0 fully saturated rings. The summed E-state index contributed by atoms with van der Waals surface area (Å²) in [5.74, 6) is 0. The number of aliphatic hydroxyl groups excluding tert-OH is 1. The van der Waals surface area contributed by atoms with Crippen LogP contribution in [0, 0.1) is 0 Å². The van der Waals surface area contributed by atoms with Crippen LogP contribution < -0.4 is 10.6 Å². The third kappa shape index (κ3) is 2.26. The van der Waals surface area contributed by atoms with E-state index in [9.17, 15) is 4.79 Å². The summed E-state index contributed by atoms with van der Waals surface area (Å²) in [5, 5.41) is 23.8. The molecule has 1 aromatic carbocycles. The Kier molecular flexibility index (Phi) is 2.97. The Morgan fingerprint density at radius 3 is 3.19 bits per heavy atom. The lowest BCUT2D eigenvalue weighted by molar-refractivity contribution is 0.245. The number of amides is 2. The molecule has 0 aliphatic rings. The molecule has 0 saturated carbocycles. The van der Waals surface area contributed by atoms with Gasteiger partial charge in [-0.2, -0.15) is 0 Å². The molecule has 7 nitrogen and oxygen atoms in total. The highest BCUT2D eigenvalue weighted by molar-refractivity contribution is 5.91. The fourth-order valence-electron chi connectivity index (χ4n) is 1.27. The zero-order valence-corrected chi connectivity index (χ0v) is 8.40. The number of urea groups is 1. The van der Waals surface area contributed by atoms with Crippen molar-refractivity contribution in [2.75, 3.05) is 18.5 Å². The molecule has 0 unspecified atom stereocenters. The minimum absolute atomic E-state index is 0.0864. The molecule has 7 heteroatoms. The van der Waals surface area contributed by atoms with Crippen LogP contribution in [0.15, 0.2) is 18.2 Å². The van der Waals surface area contributed by atoms with E-state index in [1.807, 2.05) is 0 Å². The van der Waals surface area contributed by atoms with Crippen LogP contribution in [0.3, 0.4) is 0 Å². The molecule has 0 atom stereocenters. The molecule has 1 heterocycles. The molecule has 1 aromatic heterocycles. The van der Waals surface area contributed by atoms with Gasteiger partial charge in [-0.3, -0.25) is 5.10 Å². The van der Waals surface area contributed by atoms with Crippen LogP contribution in [0.1, 0.15) is 0 Å². The van der Waals surface area contributed by atoms with Crippen molar-refractivity contribution in [2.45, 2.75) is 0 Å². The molecule has 4 N–H and O–H groups in total. The molecular weight excluding hydrogens is 210 g/mol. The van der Waals surface area contributed by atoms with Crippen LogP contribution in [-0.2, 0) is 0 Å². The van der Waals surface area contributed by atoms with Crippen molar-refractivity contribution in [3.8, 4) is 0 Å². The van der Waals surface area contributed by atoms with E-state index >= 15 is 0 Å². The second-order valence-electron chi connectivity index (χ2n) is 3.15. The average molecular weight is 221 g/mol. The monoisotopic (exact) mass is 221 g/mol. The lowest BCUT2D eigenvalue weighted by Crippen LogP contribution is -2.30. The standard InChI is InChI=1S/C9H11N5O2/c15-4-3-10-9(16)11-6-1-2-7-8(5-6)13-14-12-7/h1-2,5,15H,3-4H2,(H2,10,11,16)(H,12,13,14). The van der Waals surface area contributed by atoms with E-state index < -0.39 is 0 Å². The maximum absolute atomic E-state index is 11.3. The zero-order valence-electron chi connectivity index (χ0n) is 8.40. The number of anilines is 1. The van der Waals surface area contributed by atoms with Gasteiger partial charge in [0.1, 0.15) is 5.52 Å². The summed E-state index contributed by atoms with van der Waals surface area (Å²) in [5.41, 5.74) is 2.12. The normalized spacial score (nSPS) is 10.3. The van der Waals surface area contributed by atoms with Gasteiger partial charge in [-0.05, 0) is 18.2 Å². The fraction of sp³-hybridized carbons (Fsp3) is 0.222. The number of H-pyrrole nitrogens is 1. The first-order valence-electron chi connectivity index (χ1n) is 4.76. The maximum Gasteiger partial charge on any atom is 0.319 e. The van der Waals surface area contributed by atoms with Crippen molar-refractivity contribution in [3.63, 3.8) is 0 Å². The molecule has 84 valence electrons. The van der Waals surface area contributed by atoms with Crippen molar-refractivity contribution >= 4 is 22.8 Å². The maximum atomic E-state index is 11.3. The number of fused-ring (bicyclic) bond motifs is 1. The number of nitrogens with one attached hydrogen (secondary N) is 3. The largest absolute Gasteiger partial charge is 0.395 e. The van der Waals surface area contributed by atoms with E-state index in [1.165, 1.54) is 0 Å². The Balaban J connectivity index is 2.06. The summed E-state index contributed by atoms with van der Waals surface area (Å²) in [6, 6.07) is 4.85. The van der Waals surface area contributed by atoms with E-state index in [4.69, 9.17) is 5.11 Å². The fourth-order valence-corrected chi connectivity index (χ4v) is 1.27. The van der Waals surface area contributed by atoms with Crippen LogP contribution in [0.25, 0.3) is 11.0 Å². The third-order valence-electron chi connectivity index (χ3n) is 1.98. The highest BCUT2D eigenvalue weighted by atomic mass is 16.3. The van der Waals surface area contributed by atoms with Gasteiger partial charge in [-0.1, -0.05) is 5.21 Å². The van der Waals surface area contributed by atoms with E-state index in [-0.39, 0.29) is 19.2 Å². The minimum atomic E-state index is -0.360. The Morgan fingerprint density at radius 1 is 1.50 bits per heavy atom. The molecule has 0 radical (unpaired) electrons. The third-order valence-corrected chi connectivity index (χ3v) is 1.98. The molecule has 16 heavy (non-hydrogen) atoms. The summed E-state index contributed by atoms with van der Waals surface area (Å²) in [6.07, 6.45) is 0. The SMILES string of the molecule is O=C(NCCO)Nc1ccc2nn[nH]c2c1. The lowest BCUT2D eigenvalue weighted by atomic mass is 10.3. The number of carbonyl (C=O) groups is 1. The molecule has 0 bridgehead atoms. The summed E-state index contributed by atoms with van der Waals surface area (Å²) >= 11 is 0. The molecule has 0 aliphatic carbocycles. The number of aliphatic hydroxyl groups is 1. The van der Waals surface area contributed by atoms with Crippen LogP contribution in [0.4, 0.5) is 10.5 Å². The van der Waals surface area contributed by atoms with Crippen molar-refractivity contribution in [2.24, 2.45) is 0 Å². The van der Waals surface area contributed by atoms with Crippen molar-refractivity contribution in [1.82, 2.24) is 20.7 Å². The predicted octanol–water partition coefficient (Wildman–Crippen LogP) is 0.0717. The molecule has 0 spiro atoms. The topological polar surface area (TPSA) is 103 Å². The van der Waals surface area contributed by atoms with E-state index in [1.54, 1.807) is 18.2 Å². The van der Waals surface area contributed by atoms with Crippen LogP contribution in [0.5, 0.6) is 0 Å². The van der Waals surface area contributed by atoms with Gasteiger partial charge in [0, 0.05) is 12.2 Å².